The van der Waals surface area contributed by atoms with Crippen LogP contribution in [0, 0.1) is 6.92 Å². The van der Waals surface area contributed by atoms with Crippen molar-refractivity contribution in [3.63, 3.8) is 0 Å². The molecule has 0 bridgehead atoms. The fourth-order valence-electron chi connectivity index (χ4n) is 2.24. The van der Waals surface area contributed by atoms with Crippen molar-refractivity contribution < 1.29 is 4.74 Å². The number of ether oxygens (including phenoxy) is 1. The lowest BCUT2D eigenvalue weighted by Crippen LogP contribution is -2.26. The molecule has 0 fully saturated rings. The van der Waals surface area contributed by atoms with Gasteiger partial charge in [-0.25, -0.2) is 0 Å². The summed E-state index contributed by atoms with van der Waals surface area (Å²) in [7, 11) is 3.58. The summed E-state index contributed by atoms with van der Waals surface area (Å²) in [6.45, 7) is 4.98. The number of methoxy groups -OCH3 is 1. The number of nitrogens with one attached hydrogen (secondary N) is 1. The van der Waals surface area contributed by atoms with Crippen molar-refractivity contribution in [2.75, 3.05) is 13.7 Å². The molecule has 0 aliphatic heterocycles. The molecule has 0 radical (unpaired) electrons. The third kappa shape index (κ3) is 2.61. The normalized spacial score (nSPS) is 12.4. The molecule has 2 heterocycles. The molecule has 2 aromatic rings. The van der Waals surface area contributed by atoms with Crippen LogP contribution in [0.2, 0.25) is 0 Å². The van der Waals surface area contributed by atoms with E-state index < -0.39 is 0 Å². The molecule has 1 N–H and O–H groups in total. The van der Waals surface area contributed by atoms with Gasteiger partial charge in [0.2, 0.25) is 0 Å². The van der Waals surface area contributed by atoms with Gasteiger partial charge in [0.25, 0.3) is 0 Å². The van der Waals surface area contributed by atoms with Gasteiger partial charge in [0.1, 0.15) is 5.69 Å². The highest BCUT2D eigenvalue weighted by Gasteiger charge is 2.23. The summed E-state index contributed by atoms with van der Waals surface area (Å²) in [4.78, 5) is 4.51. The number of aromatic nitrogens is 3. The van der Waals surface area contributed by atoms with E-state index in [4.69, 9.17) is 4.74 Å². The van der Waals surface area contributed by atoms with Crippen molar-refractivity contribution in [1.82, 2.24) is 20.1 Å². The first-order valence-corrected chi connectivity index (χ1v) is 6.39. The second kappa shape index (κ2) is 5.84. The summed E-state index contributed by atoms with van der Waals surface area (Å²) in [5.41, 5.74) is 3.15. The number of rotatable bonds is 5. The monoisotopic (exact) mass is 260 g/mol. The predicted octanol–water partition coefficient (Wildman–Crippen LogP) is 1.83. The van der Waals surface area contributed by atoms with Crippen LogP contribution in [0.15, 0.2) is 24.5 Å². The summed E-state index contributed by atoms with van der Waals surface area (Å²) in [6.07, 6.45) is 3.55. The third-order valence-corrected chi connectivity index (χ3v) is 3.17. The SMILES string of the molecule is CCNC(c1ncccc1C)c1c(OC)cnn1C. The molecule has 0 aliphatic rings. The van der Waals surface area contributed by atoms with E-state index in [1.54, 1.807) is 13.3 Å². The van der Waals surface area contributed by atoms with E-state index in [2.05, 4.69) is 35.3 Å². The Morgan fingerprint density at radius 3 is 2.89 bits per heavy atom. The Kier molecular flexibility index (Phi) is 4.16. The van der Waals surface area contributed by atoms with Crippen LogP contribution in [-0.4, -0.2) is 28.4 Å². The number of hydrogen-bond donors (Lipinski definition) is 1. The topological polar surface area (TPSA) is 52.0 Å². The van der Waals surface area contributed by atoms with Gasteiger partial charge in [0.05, 0.1) is 25.0 Å². The van der Waals surface area contributed by atoms with Crippen LogP contribution in [0.4, 0.5) is 0 Å². The van der Waals surface area contributed by atoms with E-state index >= 15 is 0 Å². The summed E-state index contributed by atoms with van der Waals surface area (Å²) in [5.74, 6) is 0.776. The van der Waals surface area contributed by atoms with Crippen LogP contribution in [-0.2, 0) is 7.05 Å². The molecule has 1 unspecified atom stereocenters. The Bertz CT molecular complexity index is 550. The lowest BCUT2D eigenvalue weighted by atomic mass is 10.0. The molecule has 5 heteroatoms. The van der Waals surface area contributed by atoms with Crippen LogP contribution in [0.1, 0.15) is 29.9 Å². The molecule has 2 aromatic heterocycles. The first kappa shape index (κ1) is 13.5. The molecule has 0 spiro atoms. The van der Waals surface area contributed by atoms with Gasteiger partial charge in [-0.05, 0) is 25.1 Å². The van der Waals surface area contributed by atoms with Crippen LogP contribution in [0.5, 0.6) is 5.75 Å². The number of nitrogens with zero attached hydrogens (tertiary/aromatic N) is 3. The van der Waals surface area contributed by atoms with Gasteiger partial charge in [0, 0.05) is 13.2 Å². The lowest BCUT2D eigenvalue weighted by Gasteiger charge is -2.20. The standard InChI is InChI=1S/C14H20N4O/c1-5-15-13(12-10(2)7-6-8-16-12)14-11(19-4)9-17-18(14)3/h6-9,13,15H,5H2,1-4H3. The van der Waals surface area contributed by atoms with E-state index in [1.807, 2.05) is 24.0 Å². The molecule has 0 saturated heterocycles. The van der Waals surface area contributed by atoms with Crippen LogP contribution in [0.25, 0.3) is 0 Å². The van der Waals surface area contributed by atoms with Crippen molar-refractivity contribution in [3.8, 4) is 5.75 Å². The van der Waals surface area contributed by atoms with Crippen LogP contribution >= 0.6 is 0 Å². The second-order valence-electron chi connectivity index (χ2n) is 4.42. The molecule has 2 rings (SSSR count). The average Bonchev–Trinajstić information content (AvgIpc) is 2.78. The molecule has 19 heavy (non-hydrogen) atoms. The highest BCUT2D eigenvalue weighted by Crippen LogP contribution is 2.29. The largest absolute Gasteiger partial charge is 0.493 e. The highest BCUT2D eigenvalue weighted by atomic mass is 16.5. The van der Waals surface area contributed by atoms with E-state index in [-0.39, 0.29) is 6.04 Å². The summed E-state index contributed by atoms with van der Waals surface area (Å²) >= 11 is 0. The van der Waals surface area contributed by atoms with Gasteiger partial charge in [-0.2, -0.15) is 5.10 Å². The first-order valence-electron chi connectivity index (χ1n) is 6.39. The quantitative estimate of drug-likeness (QED) is 0.891. The van der Waals surface area contributed by atoms with Crippen molar-refractivity contribution in [2.24, 2.45) is 7.05 Å². The summed E-state index contributed by atoms with van der Waals surface area (Å²) in [6, 6.07) is 3.99. The van der Waals surface area contributed by atoms with E-state index in [0.717, 1.165) is 29.2 Å². The van der Waals surface area contributed by atoms with Crippen LogP contribution < -0.4 is 10.1 Å². The van der Waals surface area contributed by atoms with Crippen molar-refractivity contribution in [2.45, 2.75) is 19.9 Å². The molecule has 1 atom stereocenters. The van der Waals surface area contributed by atoms with Gasteiger partial charge in [-0.3, -0.25) is 9.67 Å². The Morgan fingerprint density at radius 1 is 1.47 bits per heavy atom. The Balaban J connectivity index is 2.51. The van der Waals surface area contributed by atoms with Crippen LogP contribution in [0.3, 0.4) is 0 Å². The zero-order chi connectivity index (χ0) is 13.8. The maximum Gasteiger partial charge on any atom is 0.161 e. The average molecular weight is 260 g/mol. The fourth-order valence-corrected chi connectivity index (χ4v) is 2.24. The van der Waals surface area contributed by atoms with E-state index in [0.29, 0.717) is 0 Å². The Morgan fingerprint density at radius 2 is 2.26 bits per heavy atom. The fraction of sp³-hybridized carbons (Fsp3) is 0.429. The van der Waals surface area contributed by atoms with Crippen molar-refractivity contribution in [1.29, 1.82) is 0 Å². The minimum Gasteiger partial charge on any atom is -0.493 e. The molecule has 0 saturated carbocycles. The van der Waals surface area contributed by atoms with Gasteiger partial charge in [-0.15, -0.1) is 0 Å². The maximum absolute atomic E-state index is 5.40. The molecule has 0 amide bonds. The van der Waals surface area contributed by atoms with Gasteiger partial charge >= 0.3 is 0 Å². The maximum atomic E-state index is 5.40. The molecule has 5 nitrogen and oxygen atoms in total. The number of hydrogen-bond acceptors (Lipinski definition) is 4. The smallest absolute Gasteiger partial charge is 0.161 e. The zero-order valence-electron chi connectivity index (χ0n) is 11.8. The Labute approximate surface area is 113 Å². The minimum atomic E-state index is -0.0198. The molecule has 0 aliphatic carbocycles. The van der Waals surface area contributed by atoms with Crippen molar-refractivity contribution in [3.05, 3.63) is 41.5 Å². The predicted molar refractivity (Wildman–Crippen MR) is 74.3 cm³/mol. The van der Waals surface area contributed by atoms with E-state index in [9.17, 15) is 0 Å². The molecule has 102 valence electrons. The van der Waals surface area contributed by atoms with Gasteiger partial charge < -0.3 is 10.1 Å². The first-order chi connectivity index (χ1) is 9.19. The second-order valence-corrected chi connectivity index (χ2v) is 4.42. The van der Waals surface area contributed by atoms with E-state index in [1.165, 1.54) is 0 Å². The van der Waals surface area contributed by atoms with Gasteiger partial charge in [0.15, 0.2) is 5.75 Å². The van der Waals surface area contributed by atoms with Gasteiger partial charge in [-0.1, -0.05) is 13.0 Å². The number of pyridine rings is 1. The lowest BCUT2D eigenvalue weighted by molar-refractivity contribution is 0.400. The molecular weight excluding hydrogens is 240 g/mol. The summed E-state index contributed by atoms with van der Waals surface area (Å²) in [5, 5.41) is 7.72. The molecular formula is C14H20N4O. The number of aryl methyl sites for hydroxylation is 2. The summed E-state index contributed by atoms with van der Waals surface area (Å²) < 4.78 is 7.24. The van der Waals surface area contributed by atoms with Crippen molar-refractivity contribution >= 4 is 0 Å². The highest BCUT2D eigenvalue weighted by molar-refractivity contribution is 5.36. The Hall–Kier alpha value is -1.88. The molecule has 0 aromatic carbocycles. The third-order valence-electron chi connectivity index (χ3n) is 3.17. The zero-order valence-corrected chi connectivity index (χ0v) is 11.8. The minimum absolute atomic E-state index is 0.0198.